The summed E-state index contributed by atoms with van der Waals surface area (Å²) in [6, 6.07) is 10.4. The summed E-state index contributed by atoms with van der Waals surface area (Å²) in [5, 5.41) is 8.98. The van der Waals surface area contributed by atoms with Gasteiger partial charge < -0.3 is 5.73 Å². The first kappa shape index (κ1) is 16.7. The summed E-state index contributed by atoms with van der Waals surface area (Å²) in [4.78, 5) is 2.31. The molecule has 0 aliphatic carbocycles. The quantitative estimate of drug-likeness (QED) is 0.896. The summed E-state index contributed by atoms with van der Waals surface area (Å²) in [5.41, 5.74) is 8.31. The average Bonchev–Trinajstić information content (AvgIpc) is 2.37. The molecule has 1 rings (SSSR count). The van der Waals surface area contributed by atoms with Crippen LogP contribution in [-0.4, -0.2) is 24.0 Å². The third kappa shape index (κ3) is 4.33. The highest BCUT2D eigenvalue weighted by molar-refractivity contribution is 5.32. The highest BCUT2D eigenvalue weighted by atomic mass is 15.2. The molecule has 0 radical (unpaired) electrons. The van der Waals surface area contributed by atoms with E-state index in [2.05, 4.69) is 51.8 Å². The molecule has 0 amide bonds. The van der Waals surface area contributed by atoms with E-state index in [-0.39, 0.29) is 11.5 Å². The lowest BCUT2D eigenvalue weighted by Gasteiger charge is -2.41. The van der Waals surface area contributed by atoms with E-state index in [0.29, 0.717) is 11.6 Å². The van der Waals surface area contributed by atoms with Gasteiger partial charge in [-0.2, -0.15) is 5.26 Å². The predicted molar refractivity (Wildman–Crippen MR) is 84.1 cm³/mol. The minimum atomic E-state index is 0.122. The Kier molecular flexibility index (Phi) is 5.74. The van der Waals surface area contributed by atoms with Gasteiger partial charge in [-0.1, -0.05) is 39.8 Å². The smallest absolute Gasteiger partial charge is 0.0991 e. The summed E-state index contributed by atoms with van der Waals surface area (Å²) in [7, 11) is 2.12. The van der Waals surface area contributed by atoms with Crippen molar-refractivity contribution in [1.82, 2.24) is 4.90 Å². The zero-order chi connectivity index (χ0) is 15.3. The monoisotopic (exact) mass is 273 g/mol. The molecule has 110 valence electrons. The highest BCUT2D eigenvalue weighted by Gasteiger charge is 2.32. The molecule has 0 saturated carbocycles. The number of benzene rings is 1. The van der Waals surface area contributed by atoms with Crippen LogP contribution in [0.3, 0.4) is 0 Å². The molecule has 2 N–H and O–H groups in total. The lowest BCUT2D eigenvalue weighted by atomic mass is 9.80. The topological polar surface area (TPSA) is 53.0 Å². The Morgan fingerprint density at radius 1 is 1.35 bits per heavy atom. The van der Waals surface area contributed by atoms with E-state index in [4.69, 9.17) is 11.0 Å². The third-order valence-corrected chi connectivity index (χ3v) is 3.73. The van der Waals surface area contributed by atoms with E-state index < -0.39 is 0 Å². The van der Waals surface area contributed by atoms with E-state index in [9.17, 15) is 0 Å². The molecule has 0 bridgehead atoms. The molecule has 0 aliphatic heterocycles. The van der Waals surface area contributed by atoms with Crippen molar-refractivity contribution in [3.8, 4) is 6.07 Å². The van der Waals surface area contributed by atoms with Crippen molar-refractivity contribution in [3.05, 3.63) is 35.4 Å². The van der Waals surface area contributed by atoms with Crippen LogP contribution in [0.4, 0.5) is 0 Å². The van der Waals surface area contributed by atoms with Crippen molar-refractivity contribution < 1.29 is 0 Å². The first-order valence-electron chi connectivity index (χ1n) is 7.24. The lowest BCUT2D eigenvalue weighted by Crippen LogP contribution is -2.52. The van der Waals surface area contributed by atoms with E-state index in [1.807, 2.05) is 18.2 Å². The Labute approximate surface area is 123 Å². The Hall–Kier alpha value is -1.37. The molecule has 3 heteroatoms. The van der Waals surface area contributed by atoms with Crippen LogP contribution < -0.4 is 5.73 Å². The summed E-state index contributed by atoms with van der Waals surface area (Å²) >= 11 is 0. The SMILES string of the molecule is CCC(N)C(N(C)Cc1cccc(C#N)c1)C(C)(C)C. The summed E-state index contributed by atoms with van der Waals surface area (Å²) in [6.07, 6.45) is 0.963. The van der Waals surface area contributed by atoms with Gasteiger partial charge in [0.15, 0.2) is 0 Å². The molecule has 1 aromatic rings. The van der Waals surface area contributed by atoms with Crippen LogP contribution in [0, 0.1) is 16.7 Å². The van der Waals surface area contributed by atoms with Crippen LogP contribution in [-0.2, 0) is 6.54 Å². The summed E-state index contributed by atoms with van der Waals surface area (Å²) < 4.78 is 0. The van der Waals surface area contributed by atoms with Gasteiger partial charge in [-0.25, -0.2) is 0 Å². The number of nitrogens with two attached hydrogens (primary N) is 1. The van der Waals surface area contributed by atoms with Crippen LogP contribution in [0.2, 0.25) is 0 Å². The predicted octanol–water partition coefficient (Wildman–Crippen LogP) is 3.14. The van der Waals surface area contributed by atoms with Crippen molar-refractivity contribution in [1.29, 1.82) is 5.26 Å². The minimum Gasteiger partial charge on any atom is -0.326 e. The first-order chi connectivity index (χ1) is 9.29. The van der Waals surface area contributed by atoms with Gasteiger partial charge in [-0.05, 0) is 36.6 Å². The maximum Gasteiger partial charge on any atom is 0.0991 e. The van der Waals surface area contributed by atoms with E-state index >= 15 is 0 Å². The number of nitrogens with zero attached hydrogens (tertiary/aromatic N) is 2. The molecular formula is C17H27N3. The number of likely N-dealkylation sites (N-methyl/N-ethyl adjacent to an activating group) is 1. The van der Waals surface area contributed by atoms with Gasteiger partial charge in [0.1, 0.15) is 0 Å². The fraction of sp³-hybridized carbons (Fsp3) is 0.588. The van der Waals surface area contributed by atoms with Crippen molar-refractivity contribution in [2.45, 2.75) is 52.7 Å². The number of rotatable bonds is 5. The molecule has 0 heterocycles. The largest absolute Gasteiger partial charge is 0.326 e. The third-order valence-electron chi connectivity index (χ3n) is 3.73. The maximum absolute atomic E-state index is 8.98. The second-order valence-electron chi connectivity index (χ2n) is 6.61. The molecule has 2 unspecified atom stereocenters. The van der Waals surface area contributed by atoms with Gasteiger partial charge in [-0.3, -0.25) is 4.90 Å². The lowest BCUT2D eigenvalue weighted by molar-refractivity contribution is 0.0939. The minimum absolute atomic E-state index is 0.122. The van der Waals surface area contributed by atoms with Crippen molar-refractivity contribution in [2.24, 2.45) is 11.1 Å². The number of hydrogen-bond acceptors (Lipinski definition) is 3. The Bertz CT molecular complexity index is 468. The number of hydrogen-bond donors (Lipinski definition) is 1. The van der Waals surface area contributed by atoms with E-state index in [1.165, 1.54) is 0 Å². The van der Waals surface area contributed by atoms with Crippen LogP contribution in [0.5, 0.6) is 0 Å². The Morgan fingerprint density at radius 2 is 2.00 bits per heavy atom. The zero-order valence-corrected chi connectivity index (χ0v) is 13.4. The molecule has 2 atom stereocenters. The zero-order valence-electron chi connectivity index (χ0n) is 13.4. The van der Waals surface area contributed by atoms with Crippen molar-refractivity contribution >= 4 is 0 Å². The van der Waals surface area contributed by atoms with E-state index in [0.717, 1.165) is 18.5 Å². The molecule has 0 aliphatic rings. The van der Waals surface area contributed by atoms with E-state index in [1.54, 1.807) is 0 Å². The first-order valence-corrected chi connectivity index (χ1v) is 7.24. The highest BCUT2D eigenvalue weighted by Crippen LogP contribution is 2.27. The molecular weight excluding hydrogens is 246 g/mol. The standard InChI is InChI=1S/C17H27N3/c1-6-15(19)16(17(2,3)4)20(5)12-14-9-7-8-13(10-14)11-18/h7-10,15-16H,6,12,19H2,1-5H3. The summed E-state index contributed by atoms with van der Waals surface area (Å²) in [5.74, 6) is 0. The Balaban J connectivity index is 2.91. The molecule has 0 saturated heterocycles. The average molecular weight is 273 g/mol. The molecule has 0 aromatic heterocycles. The molecule has 3 nitrogen and oxygen atoms in total. The van der Waals surface area contributed by atoms with Gasteiger partial charge in [0.2, 0.25) is 0 Å². The maximum atomic E-state index is 8.98. The second-order valence-corrected chi connectivity index (χ2v) is 6.61. The van der Waals surface area contributed by atoms with Crippen LogP contribution in [0.25, 0.3) is 0 Å². The summed E-state index contributed by atoms with van der Waals surface area (Å²) in [6.45, 7) is 9.64. The molecule has 0 spiro atoms. The number of nitriles is 1. The van der Waals surface area contributed by atoms with Crippen molar-refractivity contribution in [3.63, 3.8) is 0 Å². The van der Waals surface area contributed by atoms with Crippen LogP contribution in [0.15, 0.2) is 24.3 Å². The van der Waals surface area contributed by atoms with Gasteiger partial charge in [-0.15, -0.1) is 0 Å². The van der Waals surface area contributed by atoms with Crippen LogP contribution in [0.1, 0.15) is 45.2 Å². The van der Waals surface area contributed by atoms with Gasteiger partial charge >= 0.3 is 0 Å². The van der Waals surface area contributed by atoms with Crippen LogP contribution >= 0.6 is 0 Å². The molecule has 1 aromatic carbocycles. The van der Waals surface area contributed by atoms with Gasteiger partial charge in [0.25, 0.3) is 0 Å². The molecule has 20 heavy (non-hydrogen) atoms. The normalized spacial score (nSPS) is 14.9. The fourth-order valence-corrected chi connectivity index (χ4v) is 2.98. The fourth-order valence-electron chi connectivity index (χ4n) is 2.98. The second kappa shape index (κ2) is 6.88. The molecule has 0 fully saturated rings. The van der Waals surface area contributed by atoms with Gasteiger partial charge in [0.05, 0.1) is 11.6 Å². The Morgan fingerprint density at radius 3 is 2.50 bits per heavy atom. The van der Waals surface area contributed by atoms with Gasteiger partial charge in [0, 0.05) is 18.6 Å². The van der Waals surface area contributed by atoms with Crippen molar-refractivity contribution in [2.75, 3.05) is 7.05 Å².